The van der Waals surface area contributed by atoms with Crippen molar-refractivity contribution in [2.45, 2.75) is 0 Å². The molecule has 2 aromatic heterocycles. The Bertz CT molecular complexity index is 2860. The van der Waals surface area contributed by atoms with Gasteiger partial charge in [-0.25, -0.2) is 9.97 Å². The van der Waals surface area contributed by atoms with Gasteiger partial charge in [0.2, 0.25) is 0 Å². The van der Waals surface area contributed by atoms with E-state index in [2.05, 4.69) is 204 Å². The molecule has 10 rings (SSSR count). The van der Waals surface area contributed by atoms with Gasteiger partial charge in [0.1, 0.15) is 5.82 Å². The van der Waals surface area contributed by atoms with E-state index in [9.17, 15) is 0 Å². The maximum Gasteiger partial charge on any atom is 0.146 e. The standard InChI is InChI=1S/C48H32N4/c1-4-18-34(19-5-1)51(35-20-6-2-7-21-35)44-30-16-27-40-45-37-24-11-10-17-33(37)31-32-41(45)46(50-47(40)44)38-25-12-13-26-39(38)48-49-42-28-14-15-29-43(42)52(48)36-22-8-3-9-23-36/h1-32H. The molecule has 2 heterocycles. The van der Waals surface area contributed by atoms with Crippen LogP contribution < -0.4 is 4.90 Å². The van der Waals surface area contributed by atoms with E-state index in [-0.39, 0.29) is 0 Å². The van der Waals surface area contributed by atoms with Crippen molar-refractivity contribution < 1.29 is 0 Å². The fraction of sp³-hybridized carbons (Fsp3) is 0. The van der Waals surface area contributed by atoms with E-state index >= 15 is 0 Å². The summed E-state index contributed by atoms with van der Waals surface area (Å²) in [6.07, 6.45) is 0. The maximum absolute atomic E-state index is 5.72. The van der Waals surface area contributed by atoms with Crippen LogP contribution in [0.5, 0.6) is 0 Å². The van der Waals surface area contributed by atoms with E-state index in [1.165, 1.54) is 16.2 Å². The van der Waals surface area contributed by atoms with Crippen LogP contribution in [-0.4, -0.2) is 14.5 Å². The van der Waals surface area contributed by atoms with Crippen molar-refractivity contribution in [2.24, 2.45) is 0 Å². The molecule has 0 aliphatic rings. The number of imidazole rings is 1. The summed E-state index contributed by atoms with van der Waals surface area (Å²) >= 11 is 0. The third-order valence-corrected chi connectivity index (χ3v) is 9.96. The number of para-hydroxylation sites is 6. The first-order valence-electron chi connectivity index (χ1n) is 17.6. The average Bonchev–Trinajstić information content (AvgIpc) is 3.61. The van der Waals surface area contributed by atoms with Gasteiger partial charge in [-0.15, -0.1) is 0 Å². The molecule has 0 unspecified atom stereocenters. The van der Waals surface area contributed by atoms with Gasteiger partial charge in [0, 0.05) is 44.3 Å². The zero-order valence-corrected chi connectivity index (χ0v) is 28.3. The third kappa shape index (κ3) is 4.84. The number of hydrogen-bond donors (Lipinski definition) is 0. The Balaban J connectivity index is 1.32. The summed E-state index contributed by atoms with van der Waals surface area (Å²) in [6, 6.07) is 68.3. The minimum absolute atomic E-state index is 0.877. The summed E-state index contributed by atoms with van der Waals surface area (Å²) in [7, 11) is 0. The van der Waals surface area contributed by atoms with Gasteiger partial charge in [0.15, 0.2) is 0 Å². The van der Waals surface area contributed by atoms with Gasteiger partial charge in [-0.2, -0.15) is 0 Å². The number of benzene rings is 8. The first-order valence-corrected chi connectivity index (χ1v) is 17.6. The highest BCUT2D eigenvalue weighted by atomic mass is 15.1. The molecular weight excluding hydrogens is 633 g/mol. The van der Waals surface area contributed by atoms with Gasteiger partial charge in [-0.1, -0.05) is 140 Å². The lowest BCUT2D eigenvalue weighted by Crippen LogP contribution is -2.11. The third-order valence-electron chi connectivity index (χ3n) is 9.96. The molecule has 0 saturated heterocycles. The maximum atomic E-state index is 5.72. The quantitative estimate of drug-likeness (QED) is 0.166. The number of nitrogens with zero attached hydrogens (tertiary/aromatic N) is 4. The normalized spacial score (nSPS) is 11.5. The fourth-order valence-corrected chi connectivity index (χ4v) is 7.68. The van der Waals surface area contributed by atoms with Crippen LogP contribution in [0, 0.1) is 0 Å². The Kier molecular flexibility index (Phi) is 7.10. The highest BCUT2D eigenvalue weighted by Gasteiger charge is 2.23. The van der Waals surface area contributed by atoms with Crippen LogP contribution in [0.4, 0.5) is 17.1 Å². The van der Waals surface area contributed by atoms with Crippen molar-refractivity contribution in [3.8, 4) is 28.3 Å². The zero-order chi connectivity index (χ0) is 34.4. The first kappa shape index (κ1) is 29.8. The molecule has 0 atom stereocenters. The second-order valence-corrected chi connectivity index (χ2v) is 13.0. The van der Waals surface area contributed by atoms with Crippen LogP contribution in [0.25, 0.3) is 71.8 Å². The van der Waals surface area contributed by atoms with E-state index < -0.39 is 0 Å². The summed E-state index contributed by atoms with van der Waals surface area (Å²) < 4.78 is 2.27. The average molecular weight is 665 g/mol. The summed E-state index contributed by atoms with van der Waals surface area (Å²) in [5.41, 5.74) is 10.1. The monoisotopic (exact) mass is 664 g/mol. The van der Waals surface area contributed by atoms with E-state index in [0.717, 1.165) is 72.7 Å². The predicted molar refractivity (Wildman–Crippen MR) is 217 cm³/mol. The molecule has 0 aliphatic carbocycles. The molecule has 0 amide bonds. The molecule has 0 aliphatic heterocycles. The van der Waals surface area contributed by atoms with E-state index in [4.69, 9.17) is 9.97 Å². The molecule has 0 bridgehead atoms. The van der Waals surface area contributed by atoms with Crippen molar-refractivity contribution in [3.05, 3.63) is 194 Å². The lowest BCUT2D eigenvalue weighted by Gasteiger charge is -2.27. The van der Waals surface area contributed by atoms with Gasteiger partial charge in [-0.3, -0.25) is 4.57 Å². The topological polar surface area (TPSA) is 34.0 Å². The van der Waals surface area contributed by atoms with Crippen molar-refractivity contribution in [1.29, 1.82) is 0 Å². The minimum atomic E-state index is 0.877. The molecule has 0 fully saturated rings. The van der Waals surface area contributed by atoms with Crippen LogP contribution in [-0.2, 0) is 0 Å². The smallest absolute Gasteiger partial charge is 0.146 e. The van der Waals surface area contributed by atoms with Crippen molar-refractivity contribution in [3.63, 3.8) is 0 Å². The van der Waals surface area contributed by atoms with Crippen molar-refractivity contribution in [2.75, 3.05) is 4.90 Å². The molecule has 0 radical (unpaired) electrons. The highest BCUT2D eigenvalue weighted by Crippen LogP contribution is 2.45. The number of hydrogen-bond acceptors (Lipinski definition) is 3. The predicted octanol–water partition coefficient (Wildman–Crippen LogP) is 12.7. The fourth-order valence-electron chi connectivity index (χ4n) is 7.68. The molecule has 244 valence electrons. The molecule has 52 heavy (non-hydrogen) atoms. The second-order valence-electron chi connectivity index (χ2n) is 13.0. The summed E-state index contributed by atoms with van der Waals surface area (Å²) in [4.78, 5) is 13.3. The van der Waals surface area contributed by atoms with Crippen LogP contribution in [0.3, 0.4) is 0 Å². The Morgan fingerprint density at radius 3 is 1.81 bits per heavy atom. The lowest BCUT2D eigenvalue weighted by atomic mass is 9.93. The number of pyridine rings is 1. The number of aromatic nitrogens is 3. The van der Waals surface area contributed by atoms with Crippen LogP contribution in [0.1, 0.15) is 0 Å². The number of rotatable bonds is 6. The van der Waals surface area contributed by atoms with E-state index in [1.807, 2.05) is 0 Å². The first-order chi connectivity index (χ1) is 25.8. The van der Waals surface area contributed by atoms with Crippen molar-refractivity contribution >= 4 is 60.5 Å². The zero-order valence-electron chi connectivity index (χ0n) is 28.3. The molecular formula is C48H32N4. The molecule has 0 saturated carbocycles. The van der Waals surface area contributed by atoms with Crippen LogP contribution in [0.2, 0.25) is 0 Å². The lowest BCUT2D eigenvalue weighted by molar-refractivity contribution is 1.10. The van der Waals surface area contributed by atoms with Gasteiger partial charge in [-0.05, 0) is 65.4 Å². The summed E-state index contributed by atoms with van der Waals surface area (Å²) in [6.45, 7) is 0. The van der Waals surface area contributed by atoms with Crippen molar-refractivity contribution in [1.82, 2.24) is 14.5 Å². The molecule has 0 spiro atoms. The molecule has 4 nitrogen and oxygen atoms in total. The van der Waals surface area contributed by atoms with Gasteiger partial charge in [0.05, 0.1) is 27.9 Å². The number of anilines is 3. The van der Waals surface area contributed by atoms with Crippen LogP contribution in [0.15, 0.2) is 194 Å². The molecule has 0 N–H and O–H groups in total. The van der Waals surface area contributed by atoms with Gasteiger partial charge in [0.25, 0.3) is 0 Å². The largest absolute Gasteiger partial charge is 0.308 e. The second kappa shape index (κ2) is 12.4. The SMILES string of the molecule is c1ccc(N(c2ccccc2)c2cccc3c2nc(-c2ccccc2-c2nc4ccccc4n2-c2ccccc2)c2ccc4ccccc4c23)cc1. The summed E-state index contributed by atoms with van der Waals surface area (Å²) in [5.74, 6) is 0.877. The Hall–Kier alpha value is -7.04. The summed E-state index contributed by atoms with van der Waals surface area (Å²) in [5, 5.41) is 5.79. The van der Waals surface area contributed by atoms with E-state index in [0.29, 0.717) is 0 Å². The molecule has 4 heteroatoms. The van der Waals surface area contributed by atoms with Gasteiger partial charge < -0.3 is 4.90 Å². The Morgan fingerprint density at radius 2 is 1.04 bits per heavy atom. The van der Waals surface area contributed by atoms with Gasteiger partial charge >= 0.3 is 0 Å². The minimum Gasteiger partial charge on any atom is -0.308 e. The highest BCUT2D eigenvalue weighted by molar-refractivity contribution is 6.24. The Morgan fingerprint density at radius 1 is 0.423 bits per heavy atom. The van der Waals surface area contributed by atoms with E-state index in [1.54, 1.807) is 0 Å². The number of fused-ring (bicyclic) bond motifs is 6. The van der Waals surface area contributed by atoms with Crippen LogP contribution >= 0.6 is 0 Å². The molecule has 8 aromatic carbocycles. The Labute approximate surface area is 301 Å². The molecule has 10 aromatic rings.